The van der Waals surface area contributed by atoms with Gasteiger partial charge in [-0.3, -0.25) is 0 Å². The highest BCUT2D eigenvalue weighted by atomic mass is 32.1. The van der Waals surface area contributed by atoms with Gasteiger partial charge in [0.1, 0.15) is 0 Å². The van der Waals surface area contributed by atoms with Crippen molar-refractivity contribution in [2.24, 2.45) is 0 Å². The zero-order valence-corrected chi connectivity index (χ0v) is 18.9. The second-order valence-electron chi connectivity index (χ2n) is 4.43. The molecule has 1 rings (SSSR count). The van der Waals surface area contributed by atoms with Gasteiger partial charge in [0.25, 0.3) is 0 Å². The monoisotopic (exact) mass is 360 g/mol. The Hall–Kier alpha value is -0.320. The molecule has 0 spiro atoms. The minimum atomic E-state index is 0.878. The first-order chi connectivity index (χ1) is 11.0. The summed E-state index contributed by atoms with van der Waals surface area (Å²) < 4.78 is 1.76. The Morgan fingerprint density at radius 3 is 1.57 bits per heavy atom. The Labute approximate surface area is 156 Å². The predicted molar refractivity (Wildman–Crippen MR) is 115 cm³/mol. The molecule has 0 unspecified atom stereocenters. The molecule has 0 radical (unpaired) electrons. The predicted octanol–water partition coefficient (Wildman–Crippen LogP) is 6.58. The Kier molecular flexibility index (Phi) is 21.6. The van der Waals surface area contributed by atoms with Gasteiger partial charge in [-0.15, -0.1) is 0 Å². The molecule has 1 aromatic carbocycles. The highest BCUT2D eigenvalue weighted by Crippen LogP contribution is 2.28. The van der Waals surface area contributed by atoms with Crippen LogP contribution in [0.1, 0.15) is 67.4 Å². The van der Waals surface area contributed by atoms with Crippen LogP contribution in [0.5, 0.6) is 0 Å². The Balaban J connectivity index is -0.000000595. The molecule has 0 aliphatic heterocycles. The maximum absolute atomic E-state index is 5.28. The van der Waals surface area contributed by atoms with Crippen molar-refractivity contribution >= 4 is 30.1 Å². The summed E-state index contributed by atoms with van der Waals surface area (Å²) in [6.45, 7) is 22.9. The lowest BCUT2D eigenvalue weighted by Crippen LogP contribution is -2.29. The van der Waals surface area contributed by atoms with Crippen LogP contribution in [0.4, 0.5) is 5.69 Å². The van der Waals surface area contributed by atoms with E-state index in [0.717, 1.165) is 35.2 Å². The summed E-state index contributed by atoms with van der Waals surface area (Å²) in [5, 5.41) is 0. The normalized spacial score (nSPS) is 9.17. The minimum Gasteiger partial charge on any atom is -0.373 e. The summed E-state index contributed by atoms with van der Waals surface area (Å²) in [5.74, 6) is 0. The highest BCUT2D eigenvalue weighted by Gasteiger charge is 2.14. The third-order valence-electron chi connectivity index (χ3n) is 3.36. The molecule has 0 saturated carbocycles. The summed E-state index contributed by atoms with van der Waals surface area (Å²) in [6, 6.07) is 0. The minimum absolute atomic E-state index is 0.878. The van der Waals surface area contributed by atoms with E-state index in [2.05, 4.69) is 37.6 Å². The van der Waals surface area contributed by atoms with Crippen LogP contribution < -0.4 is 4.90 Å². The summed E-state index contributed by atoms with van der Waals surface area (Å²) >= 11 is 10.5. The zero-order chi connectivity index (χ0) is 19.0. The number of nitrogens with zero attached hydrogens (tertiary/aromatic N) is 2. The lowest BCUT2D eigenvalue weighted by Gasteiger charge is -2.25. The molecule has 2 nitrogen and oxygen atoms in total. The third kappa shape index (κ3) is 9.53. The molecule has 0 aliphatic rings. The fourth-order valence-corrected chi connectivity index (χ4v) is 2.79. The number of hydrogen-bond acceptors (Lipinski definition) is 4. The average molecular weight is 361 g/mol. The molecule has 0 aliphatic carbocycles. The van der Waals surface area contributed by atoms with Crippen LogP contribution in [0.15, 0.2) is 0 Å². The first-order valence-electron chi connectivity index (χ1n) is 9.26. The second kappa shape index (κ2) is 18.0. The van der Waals surface area contributed by atoms with Crippen molar-refractivity contribution in [3.8, 4) is 0 Å². The molecule has 0 aromatic heterocycles. The fraction of sp³-hybridized carbons (Fsp3) is 0.789. The first kappa shape index (κ1) is 27.5. The molecule has 0 fully saturated rings. The summed E-state index contributed by atoms with van der Waals surface area (Å²) in [5.41, 5.74) is 2.37. The Bertz CT molecular complexity index is 431. The number of hydrogen-bond donors (Lipinski definition) is 0. The maximum atomic E-state index is 5.28. The number of rotatable bonds is 7. The van der Waals surface area contributed by atoms with Crippen molar-refractivity contribution in [2.45, 2.75) is 68.7 Å². The second-order valence-corrected chi connectivity index (χ2v) is 5.25. The molecule has 0 atom stereocenters. The molecular formula is C19H40N2S2. The van der Waals surface area contributed by atoms with E-state index in [-0.39, 0.29) is 0 Å². The van der Waals surface area contributed by atoms with Crippen molar-refractivity contribution < 1.29 is 0 Å². The topological polar surface area (TPSA) is 6.48 Å². The van der Waals surface area contributed by atoms with Gasteiger partial charge in [0.15, 0.2) is 0 Å². The lowest BCUT2D eigenvalue weighted by atomic mass is 10.1. The van der Waals surface area contributed by atoms with E-state index in [1.807, 2.05) is 41.5 Å². The van der Waals surface area contributed by atoms with Crippen molar-refractivity contribution in [1.82, 2.24) is 4.90 Å². The van der Waals surface area contributed by atoms with Crippen LogP contribution in [0, 0.1) is 15.9 Å². The van der Waals surface area contributed by atoms with Gasteiger partial charge in [0.05, 0.1) is 14.7 Å². The number of anilines is 1. The van der Waals surface area contributed by atoms with Crippen LogP contribution in [-0.2, 0) is 0 Å². The molecule has 0 bridgehead atoms. The maximum Gasteiger partial charge on any atom is 0.0797 e. The summed E-state index contributed by atoms with van der Waals surface area (Å²) in [6.07, 6.45) is 1.17. The van der Waals surface area contributed by atoms with E-state index in [0.29, 0.717) is 0 Å². The largest absolute Gasteiger partial charge is 0.373 e. The third-order valence-corrected chi connectivity index (χ3v) is 4.40. The van der Waals surface area contributed by atoms with E-state index >= 15 is 0 Å². The van der Waals surface area contributed by atoms with Gasteiger partial charge >= 0.3 is 0 Å². The lowest BCUT2D eigenvalue weighted by molar-refractivity contribution is 0.301. The van der Waals surface area contributed by atoms with Gasteiger partial charge in [0, 0.05) is 13.6 Å². The summed E-state index contributed by atoms with van der Waals surface area (Å²) in [7, 11) is 2.11. The van der Waals surface area contributed by atoms with Gasteiger partial charge in [0.2, 0.25) is 0 Å². The SMILES string of the molecule is CC.CC.CC.CCN(CC)CCCN(C)c1c(C)c(=S)c1=S. The molecule has 1 aromatic rings. The van der Waals surface area contributed by atoms with Crippen molar-refractivity contribution in [3.63, 3.8) is 0 Å². The molecule has 0 amide bonds. The highest BCUT2D eigenvalue weighted by molar-refractivity contribution is 7.74. The Morgan fingerprint density at radius 2 is 1.22 bits per heavy atom. The van der Waals surface area contributed by atoms with Crippen LogP contribution in [0.3, 0.4) is 0 Å². The molecule has 0 N–H and O–H groups in total. The van der Waals surface area contributed by atoms with Gasteiger partial charge in [-0.1, -0.05) is 79.8 Å². The van der Waals surface area contributed by atoms with Crippen molar-refractivity contribution in [2.75, 3.05) is 38.1 Å². The van der Waals surface area contributed by atoms with E-state index < -0.39 is 0 Å². The smallest absolute Gasteiger partial charge is 0.0797 e. The van der Waals surface area contributed by atoms with E-state index in [4.69, 9.17) is 24.4 Å². The quantitative estimate of drug-likeness (QED) is 0.507. The Morgan fingerprint density at radius 1 is 0.783 bits per heavy atom. The summed E-state index contributed by atoms with van der Waals surface area (Å²) in [4.78, 5) is 4.69. The van der Waals surface area contributed by atoms with Crippen LogP contribution >= 0.6 is 24.4 Å². The van der Waals surface area contributed by atoms with Gasteiger partial charge in [-0.05, 0) is 38.5 Å². The standard InChI is InChI=1S/C13H22N2S2.3C2H6/c1-5-15(6-2)9-7-8-14(4)11-10(3)12(16)13(11)17;3*1-2/h5-9H2,1-4H3;3*1-2H3. The van der Waals surface area contributed by atoms with E-state index in [9.17, 15) is 0 Å². The van der Waals surface area contributed by atoms with E-state index in [1.54, 1.807) is 0 Å². The van der Waals surface area contributed by atoms with E-state index in [1.165, 1.54) is 17.7 Å². The first-order valence-corrected chi connectivity index (χ1v) is 10.1. The van der Waals surface area contributed by atoms with Gasteiger partial charge in [-0.2, -0.15) is 0 Å². The average Bonchev–Trinajstić information content (AvgIpc) is 2.63. The van der Waals surface area contributed by atoms with Crippen LogP contribution in [-0.4, -0.2) is 38.1 Å². The zero-order valence-electron chi connectivity index (χ0n) is 17.2. The molecule has 4 heteroatoms. The van der Waals surface area contributed by atoms with Gasteiger partial charge in [-0.25, -0.2) is 0 Å². The van der Waals surface area contributed by atoms with Crippen molar-refractivity contribution in [3.05, 3.63) is 14.6 Å². The van der Waals surface area contributed by atoms with Crippen molar-refractivity contribution in [1.29, 1.82) is 0 Å². The van der Waals surface area contributed by atoms with Crippen LogP contribution in [0.25, 0.3) is 0 Å². The molecule has 138 valence electrons. The molecule has 0 saturated heterocycles. The van der Waals surface area contributed by atoms with Gasteiger partial charge < -0.3 is 9.80 Å². The fourth-order valence-electron chi connectivity index (χ4n) is 2.14. The molecule has 0 heterocycles. The van der Waals surface area contributed by atoms with Crippen LogP contribution in [0.2, 0.25) is 0 Å². The molecular weight excluding hydrogens is 320 g/mol. The molecule has 23 heavy (non-hydrogen) atoms.